The van der Waals surface area contributed by atoms with Gasteiger partial charge in [-0.15, -0.1) is 13.2 Å². The summed E-state index contributed by atoms with van der Waals surface area (Å²) >= 11 is 0. The molecule has 1 aromatic rings. The molecule has 0 aliphatic heterocycles. The van der Waals surface area contributed by atoms with Crippen LogP contribution in [0.4, 0.5) is 13.2 Å². The van der Waals surface area contributed by atoms with Crippen molar-refractivity contribution in [3.05, 3.63) is 24.3 Å². The van der Waals surface area contributed by atoms with Crippen LogP contribution in [0.15, 0.2) is 29.2 Å². The van der Waals surface area contributed by atoms with Crippen molar-refractivity contribution in [3.63, 3.8) is 0 Å². The quantitative estimate of drug-likeness (QED) is 0.830. The molecule has 6 nitrogen and oxygen atoms in total. The van der Waals surface area contributed by atoms with Crippen molar-refractivity contribution in [2.75, 3.05) is 0 Å². The highest BCUT2D eigenvalue weighted by Crippen LogP contribution is 2.23. The van der Waals surface area contributed by atoms with Gasteiger partial charge in [-0.25, -0.2) is 8.42 Å². The van der Waals surface area contributed by atoms with Gasteiger partial charge in [-0.1, -0.05) is 6.92 Å². The van der Waals surface area contributed by atoms with Crippen LogP contribution < -0.4 is 9.46 Å². The Morgan fingerprint density at radius 1 is 1.33 bits per heavy atom. The lowest BCUT2D eigenvalue weighted by atomic mass is 10.2. The van der Waals surface area contributed by atoms with Gasteiger partial charge in [-0.2, -0.15) is 4.72 Å². The van der Waals surface area contributed by atoms with Crippen molar-refractivity contribution < 1.29 is 36.2 Å². The number of benzene rings is 1. The topological polar surface area (TPSA) is 92.7 Å². The van der Waals surface area contributed by atoms with Gasteiger partial charge in [0.2, 0.25) is 10.0 Å². The van der Waals surface area contributed by atoms with E-state index in [4.69, 9.17) is 5.11 Å². The van der Waals surface area contributed by atoms with Crippen LogP contribution >= 0.6 is 0 Å². The van der Waals surface area contributed by atoms with Gasteiger partial charge in [0.05, 0.1) is 4.90 Å². The summed E-state index contributed by atoms with van der Waals surface area (Å²) in [6.07, 6.45) is -4.86. The van der Waals surface area contributed by atoms with Crippen molar-refractivity contribution in [2.45, 2.75) is 30.6 Å². The lowest BCUT2D eigenvalue weighted by molar-refractivity contribution is -0.274. The predicted octanol–water partition coefficient (Wildman–Crippen LogP) is 1.73. The summed E-state index contributed by atoms with van der Waals surface area (Å²) in [5.74, 6) is -1.93. The standard InChI is InChI=1S/C11H12F3NO5S/c1-2-9(10(16)17)15-21(18,19)8-5-3-7(4-6-8)20-11(12,13)14/h3-6,9,15H,2H2,1H3,(H,16,17)/t9-/m0/s1. The van der Waals surface area contributed by atoms with Gasteiger partial charge in [0, 0.05) is 0 Å². The van der Waals surface area contributed by atoms with E-state index in [0.29, 0.717) is 0 Å². The summed E-state index contributed by atoms with van der Waals surface area (Å²) in [7, 11) is -4.14. The first kappa shape index (κ1) is 17.2. The lowest BCUT2D eigenvalue weighted by Crippen LogP contribution is -2.40. The average molecular weight is 327 g/mol. The fourth-order valence-electron chi connectivity index (χ4n) is 1.38. The molecule has 0 spiro atoms. The maximum atomic E-state index is 12.0. The SMILES string of the molecule is CC[C@H](NS(=O)(=O)c1ccc(OC(F)(F)F)cc1)C(=O)O. The number of aliphatic carboxylic acids is 1. The Hall–Kier alpha value is -1.81. The lowest BCUT2D eigenvalue weighted by Gasteiger charge is -2.13. The first-order valence-corrected chi connectivity index (χ1v) is 7.14. The zero-order valence-corrected chi connectivity index (χ0v) is 11.5. The molecule has 2 N–H and O–H groups in total. The first-order valence-electron chi connectivity index (χ1n) is 5.66. The van der Waals surface area contributed by atoms with Gasteiger partial charge >= 0.3 is 12.3 Å². The van der Waals surface area contributed by atoms with Crippen LogP contribution in [0.1, 0.15) is 13.3 Å². The highest BCUT2D eigenvalue weighted by molar-refractivity contribution is 7.89. The van der Waals surface area contributed by atoms with Crippen LogP contribution in [0.2, 0.25) is 0 Å². The van der Waals surface area contributed by atoms with E-state index in [-0.39, 0.29) is 11.3 Å². The van der Waals surface area contributed by atoms with Crippen LogP contribution in [-0.2, 0) is 14.8 Å². The Morgan fingerprint density at radius 3 is 2.24 bits per heavy atom. The van der Waals surface area contributed by atoms with Gasteiger partial charge < -0.3 is 9.84 Å². The molecule has 0 radical (unpaired) electrons. The maximum Gasteiger partial charge on any atom is 0.573 e. The molecule has 1 aromatic carbocycles. The van der Waals surface area contributed by atoms with Crippen LogP contribution in [0.5, 0.6) is 5.75 Å². The highest BCUT2D eigenvalue weighted by atomic mass is 32.2. The first-order chi connectivity index (χ1) is 9.55. The van der Waals surface area contributed by atoms with Crippen molar-refractivity contribution >= 4 is 16.0 Å². The zero-order chi connectivity index (χ0) is 16.3. The Kier molecular flexibility index (Phi) is 5.18. The molecule has 0 bridgehead atoms. The fraction of sp³-hybridized carbons (Fsp3) is 0.364. The number of carbonyl (C=O) groups is 1. The Balaban J connectivity index is 2.92. The maximum absolute atomic E-state index is 12.0. The second kappa shape index (κ2) is 6.31. The van der Waals surface area contributed by atoms with Gasteiger partial charge in [-0.05, 0) is 30.7 Å². The second-order valence-corrected chi connectivity index (χ2v) is 5.65. The summed E-state index contributed by atoms with van der Waals surface area (Å²) in [4.78, 5) is 10.4. The number of carboxylic acid groups (broad SMARTS) is 1. The molecule has 0 fully saturated rings. The molecule has 10 heteroatoms. The molecule has 21 heavy (non-hydrogen) atoms. The number of hydrogen-bond acceptors (Lipinski definition) is 4. The largest absolute Gasteiger partial charge is 0.573 e. The highest BCUT2D eigenvalue weighted by Gasteiger charge is 2.31. The molecule has 0 heterocycles. The number of halogens is 3. The molecule has 0 amide bonds. The molecule has 0 saturated carbocycles. The average Bonchev–Trinajstić information content (AvgIpc) is 2.34. The molecular formula is C11H12F3NO5S. The summed E-state index contributed by atoms with van der Waals surface area (Å²) in [6, 6.07) is 2.10. The molecule has 1 rings (SSSR count). The molecule has 0 saturated heterocycles. The monoisotopic (exact) mass is 327 g/mol. The van der Waals surface area contributed by atoms with E-state index in [0.717, 1.165) is 24.3 Å². The molecule has 0 aromatic heterocycles. The van der Waals surface area contributed by atoms with Crippen LogP contribution in [0.3, 0.4) is 0 Å². The number of sulfonamides is 1. The van der Waals surface area contributed by atoms with Crippen molar-refractivity contribution in [1.29, 1.82) is 0 Å². The Labute approximate surface area is 118 Å². The van der Waals surface area contributed by atoms with E-state index in [1.54, 1.807) is 0 Å². The van der Waals surface area contributed by atoms with E-state index in [9.17, 15) is 26.4 Å². The normalized spacial score (nSPS) is 13.7. The molecule has 1 atom stereocenters. The van der Waals surface area contributed by atoms with E-state index >= 15 is 0 Å². The number of hydrogen-bond donors (Lipinski definition) is 2. The molecular weight excluding hydrogens is 315 g/mol. The van der Waals surface area contributed by atoms with Gasteiger partial charge in [0.25, 0.3) is 0 Å². The number of carboxylic acids is 1. The van der Waals surface area contributed by atoms with E-state index in [2.05, 4.69) is 4.74 Å². The van der Waals surface area contributed by atoms with Gasteiger partial charge in [0.15, 0.2) is 0 Å². The number of nitrogens with one attached hydrogen (secondary N) is 1. The van der Waals surface area contributed by atoms with E-state index in [1.807, 2.05) is 4.72 Å². The zero-order valence-electron chi connectivity index (χ0n) is 10.7. The minimum Gasteiger partial charge on any atom is -0.480 e. The molecule has 0 unspecified atom stereocenters. The van der Waals surface area contributed by atoms with Crippen molar-refractivity contribution in [1.82, 2.24) is 4.72 Å². The number of ether oxygens (including phenoxy) is 1. The molecule has 0 aliphatic carbocycles. The number of rotatable bonds is 6. The summed E-state index contributed by atoms with van der Waals surface area (Å²) < 4.78 is 65.2. The molecule has 0 aliphatic rings. The predicted molar refractivity (Wildman–Crippen MR) is 65.2 cm³/mol. The van der Waals surface area contributed by atoms with Gasteiger partial charge in [-0.3, -0.25) is 4.79 Å². The van der Waals surface area contributed by atoms with Crippen LogP contribution in [-0.4, -0.2) is 31.9 Å². The Bertz CT molecular complexity index is 597. The second-order valence-electron chi connectivity index (χ2n) is 3.94. The van der Waals surface area contributed by atoms with Crippen LogP contribution in [0.25, 0.3) is 0 Å². The minimum absolute atomic E-state index is 0.0177. The van der Waals surface area contributed by atoms with E-state index in [1.165, 1.54) is 6.92 Å². The fourth-order valence-corrected chi connectivity index (χ4v) is 2.66. The van der Waals surface area contributed by atoms with E-state index < -0.39 is 34.1 Å². The Morgan fingerprint density at radius 2 is 1.86 bits per heavy atom. The molecule has 118 valence electrons. The smallest absolute Gasteiger partial charge is 0.480 e. The van der Waals surface area contributed by atoms with Gasteiger partial charge in [0.1, 0.15) is 11.8 Å². The number of alkyl halides is 3. The van der Waals surface area contributed by atoms with Crippen molar-refractivity contribution in [2.24, 2.45) is 0 Å². The van der Waals surface area contributed by atoms with Crippen molar-refractivity contribution in [3.8, 4) is 5.75 Å². The summed E-state index contributed by atoms with van der Waals surface area (Å²) in [5, 5.41) is 8.78. The minimum atomic E-state index is -4.88. The third-order valence-corrected chi connectivity index (χ3v) is 3.86. The third kappa shape index (κ3) is 5.23. The summed E-state index contributed by atoms with van der Waals surface area (Å²) in [6.45, 7) is 1.47. The van der Waals surface area contributed by atoms with Crippen LogP contribution in [0, 0.1) is 0 Å². The third-order valence-electron chi connectivity index (χ3n) is 2.37. The summed E-state index contributed by atoms with van der Waals surface area (Å²) in [5.41, 5.74) is 0.